The smallest absolute Gasteiger partial charge is 0.0651 e. The molecule has 1 heterocycles. The van der Waals surface area contributed by atoms with Gasteiger partial charge in [-0.2, -0.15) is 11.3 Å². The van der Waals surface area contributed by atoms with Crippen LogP contribution in [0.4, 0.5) is 0 Å². The average Bonchev–Trinajstić information content (AvgIpc) is 2.69. The van der Waals surface area contributed by atoms with E-state index in [1.165, 1.54) is 24.8 Å². The Balaban J connectivity index is 1.84. The van der Waals surface area contributed by atoms with Crippen LogP contribution in [0.2, 0.25) is 0 Å². The topological polar surface area (TPSA) is 20.2 Å². The monoisotopic (exact) mass is 210 g/mol. The maximum Gasteiger partial charge on any atom is 0.0651 e. The fourth-order valence-corrected chi connectivity index (χ4v) is 2.97. The maximum absolute atomic E-state index is 10.3. The second kappa shape index (κ2) is 4.45. The molecule has 0 amide bonds. The van der Waals surface area contributed by atoms with Crippen LogP contribution in [0.15, 0.2) is 16.8 Å². The predicted molar refractivity (Wildman–Crippen MR) is 60.7 cm³/mol. The number of aryl methyl sites for hydroxylation is 1. The van der Waals surface area contributed by atoms with Gasteiger partial charge in [-0.25, -0.2) is 0 Å². The van der Waals surface area contributed by atoms with Crippen LogP contribution in [0.25, 0.3) is 0 Å². The summed E-state index contributed by atoms with van der Waals surface area (Å²) in [6.45, 7) is 0. The molecule has 0 radical (unpaired) electrons. The Hall–Kier alpha value is -0.340. The molecule has 1 nitrogen and oxygen atoms in total. The predicted octanol–water partition coefficient (Wildman–Crippen LogP) is 3.38. The number of thiophene rings is 1. The number of hydrogen-bond acceptors (Lipinski definition) is 2. The molecular formula is C12H18OS. The summed E-state index contributed by atoms with van der Waals surface area (Å²) in [4.78, 5) is 0. The van der Waals surface area contributed by atoms with Crippen LogP contribution in [0.3, 0.4) is 0 Å². The molecule has 78 valence electrons. The molecular weight excluding hydrogens is 192 g/mol. The van der Waals surface area contributed by atoms with Crippen molar-refractivity contribution in [2.45, 2.75) is 50.5 Å². The van der Waals surface area contributed by atoms with E-state index < -0.39 is 0 Å². The number of aliphatic hydroxyl groups is 1. The lowest BCUT2D eigenvalue weighted by Crippen LogP contribution is -2.31. The molecule has 0 bridgehead atoms. The van der Waals surface area contributed by atoms with E-state index in [1.54, 1.807) is 11.3 Å². The molecule has 1 aromatic rings. The minimum absolute atomic E-state index is 0.347. The number of rotatable bonds is 3. The van der Waals surface area contributed by atoms with Gasteiger partial charge in [0.15, 0.2) is 0 Å². The van der Waals surface area contributed by atoms with Crippen LogP contribution in [-0.4, -0.2) is 10.7 Å². The fourth-order valence-electron chi connectivity index (χ4n) is 2.27. The summed E-state index contributed by atoms with van der Waals surface area (Å²) in [5.41, 5.74) is 1.04. The van der Waals surface area contributed by atoms with E-state index in [2.05, 4.69) is 16.8 Å². The zero-order valence-corrected chi connectivity index (χ0v) is 9.35. The van der Waals surface area contributed by atoms with E-state index in [0.717, 1.165) is 25.7 Å². The molecule has 0 spiro atoms. The SMILES string of the molecule is OC1(CCc2ccsc2)CCCCC1. The Bertz CT molecular complexity index is 260. The zero-order valence-electron chi connectivity index (χ0n) is 8.54. The van der Waals surface area contributed by atoms with Gasteiger partial charge in [-0.15, -0.1) is 0 Å². The lowest BCUT2D eigenvalue weighted by molar-refractivity contribution is -0.00339. The molecule has 2 heteroatoms. The molecule has 1 aromatic heterocycles. The lowest BCUT2D eigenvalue weighted by Gasteiger charge is -2.32. The molecule has 1 saturated carbocycles. The first-order chi connectivity index (χ1) is 6.79. The summed E-state index contributed by atoms with van der Waals surface area (Å²) >= 11 is 1.74. The highest BCUT2D eigenvalue weighted by molar-refractivity contribution is 7.07. The maximum atomic E-state index is 10.3. The third kappa shape index (κ3) is 2.58. The summed E-state index contributed by atoms with van der Waals surface area (Å²) in [5, 5.41) is 14.6. The molecule has 0 atom stereocenters. The van der Waals surface area contributed by atoms with E-state index in [9.17, 15) is 5.11 Å². The highest BCUT2D eigenvalue weighted by Crippen LogP contribution is 2.31. The standard InChI is InChI=1S/C12H18OS/c13-12(6-2-1-3-7-12)8-4-11-5-9-14-10-11/h5,9-10,13H,1-4,6-8H2. The van der Waals surface area contributed by atoms with Gasteiger partial charge in [0.25, 0.3) is 0 Å². The van der Waals surface area contributed by atoms with Gasteiger partial charge in [0, 0.05) is 0 Å². The van der Waals surface area contributed by atoms with Crippen LogP contribution >= 0.6 is 11.3 Å². The third-order valence-corrected chi connectivity index (χ3v) is 3.98. The third-order valence-electron chi connectivity index (χ3n) is 3.24. The van der Waals surface area contributed by atoms with Crippen molar-refractivity contribution in [3.05, 3.63) is 22.4 Å². The van der Waals surface area contributed by atoms with Crippen molar-refractivity contribution < 1.29 is 5.11 Å². The van der Waals surface area contributed by atoms with Gasteiger partial charge in [0.2, 0.25) is 0 Å². The molecule has 0 aromatic carbocycles. The average molecular weight is 210 g/mol. The molecule has 0 aliphatic heterocycles. The summed E-state index contributed by atoms with van der Waals surface area (Å²) in [6.07, 6.45) is 7.74. The van der Waals surface area contributed by atoms with Crippen LogP contribution in [-0.2, 0) is 6.42 Å². The molecule has 0 saturated heterocycles. The van der Waals surface area contributed by atoms with E-state index in [4.69, 9.17) is 0 Å². The molecule has 2 rings (SSSR count). The minimum atomic E-state index is -0.347. The van der Waals surface area contributed by atoms with Gasteiger partial charge >= 0.3 is 0 Å². The van der Waals surface area contributed by atoms with E-state index >= 15 is 0 Å². The minimum Gasteiger partial charge on any atom is -0.390 e. The van der Waals surface area contributed by atoms with Crippen molar-refractivity contribution in [3.8, 4) is 0 Å². The Labute approximate surface area is 89.8 Å². The van der Waals surface area contributed by atoms with Gasteiger partial charge in [0.1, 0.15) is 0 Å². The Kier molecular flexibility index (Phi) is 3.24. The summed E-state index contributed by atoms with van der Waals surface area (Å²) in [6, 6.07) is 2.16. The highest BCUT2D eigenvalue weighted by Gasteiger charge is 2.28. The second-order valence-electron chi connectivity index (χ2n) is 4.42. The van der Waals surface area contributed by atoms with Crippen molar-refractivity contribution in [2.75, 3.05) is 0 Å². The first kappa shape index (κ1) is 10.2. The molecule has 14 heavy (non-hydrogen) atoms. The number of hydrogen-bond donors (Lipinski definition) is 1. The van der Waals surface area contributed by atoms with E-state index in [-0.39, 0.29) is 5.60 Å². The zero-order chi connectivity index (χ0) is 9.86. The van der Waals surface area contributed by atoms with Crippen LogP contribution < -0.4 is 0 Å². The first-order valence-corrected chi connectivity index (χ1v) is 6.46. The van der Waals surface area contributed by atoms with Crippen molar-refractivity contribution in [1.29, 1.82) is 0 Å². The van der Waals surface area contributed by atoms with Gasteiger partial charge in [-0.1, -0.05) is 19.3 Å². The van der Waals surface area contributed by atoms with Gasteiger partial charge < -0.3 is 5.11 Å². The van der Waals surface area contributed by atoms with Gasteiger partial charge in [-0.3, -0.25) is 0 Å². The molecule has 0 unspecified atom stereocenters. The van der Waals surface area contributed by atoms with E-state index in [1.807, 2.05) is 0 Å². The summed E-state index contributed by atoms with van der Waals surface area (Å²) < 4.78 is 0. The summed E-state index contributed by atoms with van der Waals surface area (Å²) in [5.74, 6) is 0. The van der Waals surface area contributed by atoms with Gasteiger partial charge in [-0.05, 0) is 48.1 Å². The fraction of sp³-hybridized carbons (Fsp3) is 0.667. The molecule has 1 N–H and O–H groups in total. The highest BCUT2D eigenvalue weighted by atomic mass is 32.1. The Morgan fingerprint density at radius 2 is 2.07 bits per heavy atom. The Morgan fingerprint density at radius 1 is 1.29 bits per heavy atom. The van der Waals surface area contributed by atoms with Crippen LogP contribution in [0.1, 0.15) is 44.1 Å². The van der Waals surface area contributed by atoms with E-state index in [0.29, 0.717) is 0 Å². The van der Waals surface area contributed by atoms with Crippen molar-refractivity contribution in [3.63, 3.8) is 0 Å². The Morgan fingerprint density at radius 3 is 2.71 bits per heavy atom. The molecule has 1 fully saturated rings. The second-order valence-corrected chi connectivity index (χ2v) is 5.20. The largest absolute Gasteiger partial charge is 0.390 e. The first-order valence-electron chi connectivity index (χ1n) is 5.52. The van der Waals surface area contributed by atoms with Crippen molar-refractivity contribution >= 4 is 11.3 Å². The van der Waals surface area contributed by atoms with Gasteiger partial charge in [0.05, 0.1) is 5.60 Å². The van der Waals surface area contributed by atoms with Crippen LogP contribution in [0, 0.1) is 0 Å². The van der Waals surface area contributed by atoms with Crippen molar-refractivity contribution in [2.24, 2.45) is 0 Å². The summed E-state index contributed by atoms with van der Waals surface area (Å²) in [7, 11) is 0. The quantitative estimate of drug-likeness (QED) is 0.811. The molecule has 1 aliphatic rings. The van der Waals surface area contributed by atoms with Crippen molar-refractivity contribution in [1.82, 2.24) is 0 Å². The normalized spacial score (nSPS) is 20.9. The molecule has 1 aliphatic carbocycles. The lowest BCUT2D eigenvalue weighted by atomic mass is 9.81. The van der Waals surface area contributed by atoms with Crippen LogP contribution in [0.5, 0.6) is 0 Å².